The van der Waals surface area contributed by atoms with Gasteiger partial charge in [-0.1, -0.05) is 0 Å². The molecule has 0 unspecified atom stereocenters. The summed E-state index contributed by atoms with van der Waals surface area (Å²) in [6, 6.07) is 12.7. The van der Waals surface area contributed by atoms with Gasteiger partial charge in [-0.15, -0.1) is 0 Å². The minimum absolute atomic E-state index is 0.325. The summed E-state index contributed by atoms with van der Waals surface area (Å²) >= 11 is 0. The van der Waals surface area contributed by atoms with Crippen LogP contribution in [0.15, 0.2) is 36.4 Å². The largest absolute Gasteiger partial charge is 0.508 e. The van der Waals surface area contributed by atoms with Crippen molar-refractivity contribution in [3.05, 3.63) is 53.1 Å². The predicted octanol–water partition coefficient (Wildman–Crippen LogP) is 3.93. The number of fused-ring (bicyclic) bond motifs is 1. The highest BCUT2D eigenvalue weighted by atomic mass is 16.5. The monoisotopic (exact) mass is 265 g/mol. The summed E-state index contributed by atoms with van der Waals surface area (Å²) in [5, 5.41) is 18.8. The van der Waals surface area contributed by atoms with Gasteiger partial charge in [0, 0.05) is 6.07 Å². The lowest BCUT2D eigenvalue weighted by Gasteiger charge is -2.18. The predicted molar refractivity (Wildman–Crippen MR) is 76.0 cm³/mol. The third kappa shape index (κ3) is 2.46. The van der Waals surface area contributed by atoms with Crippen LogP contribution in [0.25, 0.3) is 0 Å². The van der Waals surface area contributed by atoms with E-state index in [0.29, 0.717) is 22.8 Å². The van der Waals surface area contributed by atoms with Crippen molar-refractivity contribution in [2.75, 3.05) is 0 Å². The Morgan fingerprint density at radius 2 is 1.75 bits per heavy atom. The summed E-state index contributed by atoms with van der Waals surface area (Å²) in [5.74, 6) is 1.64. The van der Waals surface area contributed by atoms with E-state index in [0.717, 1.165) is 31.2 Å². The van der Waals surface area contributed by atoms with Crippen molar-refractivity contribution in [2.24, 2.45) is 0 Å². The van der Waals surface area contributed by atoms with E-state index in [2.05, 4.69) is 6.07 Å². The number of aryl methyl sites for hydroxylation is 1. The first kappa shape index (κ1) is 12.6. The smallest absolute Gasteiger partial charge is 0.131 e. The molecule has 0 heterocycles. The molecule has 0 aliphatic heterocycles. The van der Waals surface area contributed by atoms with E-state index in [9.17, 15) is 5.11 Å². The highest BCUT2D eigenvalue weighted by molar-refractivity contribution is 5.48. The molecule has 0 aromatic heterocycles. The van der Waals surface area contributed by atoms with E-state index >= 15 is 0 Å². The highest BCUT2D eigenvalue weighted by Crippen LogP contribution is 2.34. The third-order valence-corrected chi connectivity index (χ3v) is 3.63. The quantitative estimate of drug-likeness (QED) is 0.894. The van der Waals surface area contributed by atoms with Crippen LogP contribution >= 0.6 is 0 Å². The van der Waals surface area contributed by atoms with Crippen molar-refractivity contribution in [2.45, 2.75) is 25.7 Å². The fourth-order valence-corrected chi connectivity index (χ4v) is 2.61. The Bertz CT molecular complexity index is 669. The average molecular weight is 265 g/mol. The molecule has 3 rings (SSSR count). The number of benzene rings is 2. The molecule has 1 aliphatic rings. The second-order valence-electron chi connectivity index (χ2n) is 5.03. The van der Waals surface area contributed by atoms with Gasteiger partial charge < -0.3 is 9.84 Å². The third-order valence-electron chi connectivity index (χ3n) is 3.63. The first-order chi connectivity index (χ1) is 9.76. The van der Waals surface area contributed by atoms with Gasteiger partial charge in [0.15, 0.2) is 0 Å². The van der Waals surface area contributed by atoms with Crippen molar-refractivity contribution < 1.29 is 9.84 Å². The fourth-order valence-electron chi connectivity index (χ4n) is 2.61. The maximum absolute atomic E-state index is 10.1. The first-order valence-electron chi connectivity index (χ1n) is 6.79. The summed E-state index contributed by atoms with van der Waals surface area (Å²) in [6.45, 7) is 0. The number of phenols is 1. The number of rotatable bonds is 2. The van der Waals surface area contributed by atoms with E-state index in [4.69, 9.17) is 10.00 Å². The molecule has 3 nitrogen and oxygen atoms in total. The Morgan fingerprint density at radius 1 is 1.00 bits per heavy atom. The molecule has 0 amide bonds. The lowest BCUT2D eigenvalue weighted by Crippen LogP contribution is -2.03. The molecule has 1 N–H and O–H groups in total. The second-order valence-corrected chi connectivity index (χ2v) is 5.03. The molecular formula is C17H15NO2. The molecule has 100 valence electrons. The van der Waals surface area contributed by atoms with Crippen LogP contribution in [-0.4, -0.2) is 5.11 Å². The highest BCUT2D eigenvalue weighted by Gasteiger charge is 2.15. The van der Waals surface area contributed by atoms with Crippen LogP contribution in [0.2, 0.25) is 0 Å². The molecule has 2 aromatic rings. The molecule has 0 fully saturated rings. The van der Waals surface area contributed by atoms with Crippen LogP contribution in [0.5, 0.6) is 17.2 Å². The van der Waals surface area contributed by atoms with Crippen molar-refractivity contribution in [3.8, 4) is 23.3 Å². The minimum atomic E-state index is 0.325. The van der Waals surface area contributed by atoms with Crippen LogP contribution in [0.3, 0.4) is 0 Å². The van der Waals surface area contributed by atoms with Crippen LogP contribution in [0, 0.1) is 11.3 Å². The van der Waals surface area contributed by atoms with Gasteiger partial charge in [-0.2, -0.15) is 5.26 Å². The number of aromatic hydroxyl groups is 1. The van der Waals surface area contributed by atoms with E-state index < -0.39 is 0 Å². The lowest BCUT2D eigenvalue weighted by atomic mass is 9.91. The molecule has 0 radical (unpaired) electrons. The van der Waals surface area contributed by atoms with Gasteiger partial charge in [0.2, 0.25) is 0 Å². The topological polar surface area (TPSA) is 53.2 Å². The number of nitriles is 1. The number of hydrogen-bond acceptors (Lipinski definition) is 3. The van der Waals surface area contributed by atoms with Gasteiger partial charge in [0.05, 0.1) is 11.6 Å². The Kier molecular flexibility index (Phi) is 3.30. The summed E-state index contributed by atoms with van der Waals surface area (Å²) < 4.78 is 5.76. The minimum Gasteiger partial charge on any atom is -0.508 e. The Hall–Kier alpha value is -2.47. The zero-order valence-electron chi connectivity index (χ0n) is 11.1. The average Bonchev–Trinajstić information content (AvgIpc) is 2.48. The Balaban J connectivity index is 1.87. The maximum atomic E-state index is 10.1. The van der Waals surface area contributed by atoms with E-state index in [1.165, 1.54) is 5.56 Å². The lowest BCUT2D eigenvalue weighted by molar-refractivity contribution is 0.444. The Labute approximate surface area is 118 Å². The van der Waals surface area contributed by atoms with Crippen LogP contribution in [0.4, 0.5) is 0 Å². The molecule has 0 bridgehead atoms. The van der Waals surface area contributed by atoms with Gasteiger partial charge in [-0.25, -0.2) is 0 Å². The van der Waals surface area contributed by atoms with Crippen LogP contribution in [-0.2, 0) is 12.8 Å². The normalized spacial score (nSPS) is 13.3. The van der Waals surface area contributed by atoms with Crippen molar-refractivity contribution in [1.82, 2.24) is 0 Å². The molecule has 1 aliphatic carbocycles. The number of nitrogens with zero attached hydrogens (tertiary/aromatic N) is 1. The van der Waals surface area contributed by atoms with E-state index in [-0.39, 0.29) is 0 Å². The molecule has 0 saturated carbocycles. The fraction of sp³-hybridized carbons (Fsp3) is 0.235. The molecule has 0 atom stereocenters. The standard InChI is InChI=1S/C17H15NO2/c18-11-12-5-7-14(8-6-12)20-15-9-13-3-1-2-4-16(13)17(19)10-15/h5-10,19H,1-4H2. The molecule has 0 saturated heterocycles. The Morgan fingerprint density at radius 3 is 2.50 bits per heavy atom. The van der Waals surface area contributed by atoms with Gasteiger partial charge in [0.25, 0.3) is 0 Å². The number of ether oxygens (including phenoxy) is 1. The van der Waals surface area contributed by atoms with Crippen molar-refractivity contribution >= 4 is 0 Å². The second kappa shape index (κ2) is 5.26. The number of hydrogen-bond donors (Lipinski definition) is 1. The SMILES string of the molecule is N#Cc1ccc(Oc2cc(O)c3c(c2)CCCC3)cc1. The maximum Gasteiger partial charge on any atom is 0.131 e. The van der Waals surface area contributed by atoms with Crippen molar-refractivity contribution in [3.63, 3.8) is 0 Å². The van der Waals surface area contributed by atoms with E-state index in [1.54, 1.807) is 30.3 Å². The summed E-state index contributed by atoms with van der Waals surface area (Å²) in [5.41, 5.74) is 2.84. The summed E-state index contributed by atoms with van der Waals surface area (Å²) in [4.78, 5) is 0. The number of phenolic OH excluding ortho intramolecular Hbond substituents is 1. The van der Waals surface area contributed by atoms with Gasteiger partial charge in [-0.05, 0) is 67.1 Å². The zero-order valence-corrected chi connectivity index (χ0v) is 11.1. The van der Waals surface area contributed by atoms with Crippen molar-refractivity contribution in [1.29, 1.82) is 5.26 Å². The molecule has 0 spiro atoms. The van der Waals surface area contributed by atoms with E-state index in [1.807, 2.05) is 6.07 Å². The first-order valence-corrected chi connectivity index (χ1v) is 6.79. The summed E-state index contributed by atoms with van der Waals surface area (Å²) in [7, 11) is 0. The van der Waals surface area contributed by atoms with Crippen LogP contribution < -0.4 is 4.74 Å². The van der Waals surface area contributed by atoms with Crippen LogP contribution in [0.1, 0.15) is 29.5 Å². The summed E-state index contributed by atoms with van der Waals surface area (Å²) in [6.07, 6.45) is 4.23. The molecule has 2 aromatic carbocycles. The zero-order chi connectivity index (χ0) is 13.9. The molecule has 3 heteroatoms. The molecule has 20 heavy (non-hydrogen) atoms. The van der Waals surface area contributed by atoms with Gasteiger partial charge in [-0.3, -0.25) is 0 Å². The molecular weight excluding hydrogens is 250 g/mol. The van der Waals surface area contributed by atoms with Gasteiger partial charge >= 0.3 is 0 Å². The van der Waals surface area contributed by atoms with Gasteiger partial charge in [0.1, 0.15) is 17.2 Å².